The summed E-state index contributed by atoms with van der Waals surface area (Å²) in [6.45, 7) is 1.84. The molecule has 0 spiro atoms. The molecule has 1 aliphatic rings. The molecule has 0 saturated heterocycles. The van der Waals surface area contributed by atoms with Crippen molar-refractivity contribution in [2.75, 3.05) is 5.75 Å². The maximum Gasteiger partial charge on any atom is 0.230 e. The Hall–Kier alpha value is -1.54. The number of nitrogens with one attached hydrogen (secondary N) is 1. The topological polar surface area (TPSA) is 65.8 Å². The maximum atomic E-state index is 11.5. The zero-order valence-corrected chi connectivity index (χ0v) is 10.4. The molecule has 2 rings (SSSR count). The Balaban J connectivity index is 1.91. The summed E-state index contributed by atoms with van der Waals surface area (Å²) in [7, 11) is 0. The number of pyridine rings is 1. The Morgan fingerprint density at radius 1 is 1.65 bits per heavy atom. The highest BCUT2D eigenvalue weighted by molar-refractivity contribution is 7.99. The highest BCUT2D eigenvalue weighted by Crippen LogP contribution is 2.20. The lowest BCUT2D eigenvalue weighted by Crippen LogP contribution is -2.27. The van der Waals surface area contributed by atoms with Gasteiger partial charge in [0.25, 0.3) is 0 Å². The lowest BCUT2D eigenvalue weighted by atomic mass is 10.2. The Labute approximate surface area is 104 Å². The molecule has 1 aromatic heterocycles. The predicted octanol–water partition coefficient (Wildman–Crippen LogP) is 1.63. The van der Waals surface area contributed by atoms with Crippen LogP contribution in [0.5, 0.6) is 0 Å². The molecular formula is C12H13N3OS. The van der Waals surface area contributed by atoms with Crippen molar-refractivity contribution in [3.63, 3.8) is 0 Å². The van der Waals surface area contributed by atoms with Gasteiger partial charge in [-0.25, -0.2) is 4.98 Å². The van der Waals surface area contributed by atoms with E-state index in [2.05, 4.69) is 16.4 Å². The number of aryl methyl sites for hydroxylation is 1. The quantitative estimate of drug-likeness (QED) is 0.821. The number of thioether (sulfide) groups is 1. The Bertz CT molecular complexity index is 477. The maximum absolute atomic E-state index is 11.5. The molecule has 88 valence electrons. The number of nitrogens with zero attached hydrogens (tertiary/aromatic N) is 2. The van der Waals surface area contributed by atoms with E-state index in [0.717, 1.165) is 23.6 Å². The van der Waals surface area contributed by atoms with Gasteiger partial charge in [0, 0.05) is 11.7 Å². The van der Waals surface area contributed by atoms with Crippen LogP contribution in [0, 0.1) is 18.3 Å². The van der Waals surface area contributed by atoms with Gasteiger partial charge >= 0.3 is 0 Å². The van der Waals surface area contributed by atoms with Gasteiger partial charge in [-0.1, -0.05) is 11.8 Å². The van der Waals surface area contributed by atoms with E-state index in [0.29, 0.717) is 17.4 Å². The lowest BCUT2D eigenvalue weighted by Gasteiger charge is -2.04. The first kappa shape index (κ1) is 11.9. The minimum absolute atomic E-state index is 0.0410. The highest BCUT2D eigenvalue weighted by atomic mass is 32.2. The van der Waals surface area contributed by atoms with Crippen molar-refractivity contribution >= 4 is 17.7 Å². The van der Waals surface area contributed by atoms with Gasteiger partial charge in [0.15, 0.2) is 0 Å². The number of rotatable bonds is 4. The van der Waals surface area contributed by atoms with Crippen molar-refractivity contribution in [3.05, 3.63) is 23.4 Å². The molecule has 1 N–H and O–H groups in total. The molecule has 0 atom stereocenters. The van der Waals surface area contributed by atoms with Crippen molar-refractivity contribution in [2.45, 2.75) is 30.8 Å². The van der Waals surface area contributed by atoms with Crippen LogP contribution in [0.4, 0.5) is 0 Å². The third kappa shape index (κ3) is 3.75. The average Bonchev–Trinajstić information content (AvgIpc) is 3.09. The van der Waals surface area contributed by atoms with E-state index < -0.39 is 0 Å². The fourth-order valence-corrected chi connectivity index (χ4v) is 2.19. The highest BCUT2D eigenvalue weighted by Gasteiger charge is 2.23. The van der Waals surface area contributed by atoms with Gasteiger partial charge in [-0.2, -0.15) is 5.26 Å². The molecule has 1 aliphatic carbocycles. The van der Waals surface area contributed by atoms with E-state index in [9.17, 15) is 4.79 Å². The van der Waals surface area contributed by atoms with Crippen LogP contribution in [-0.4, -0.2) is 22.7 Å². The molecule has 5 heteroatoms. The average molecular weight is 247 g/mol. The van der Waals surface area contributed by atoms with Gasteiger partial charge in [-0.3, -0.25) is 4.79 Å². The number of nitriles is 1. The third-order valence-electron chi connectivity index (χ3n) is 2.35. The first-order valence-electron chi connectivity index (χ1n) is 5.48. The van der Waals surface area contributed by atoms with Crippen LogP contribution >= 0.6 is 11.8 Å². The van der Waals surface area contributed by atoms with Gasteiger partial charge < -0.3 is 5.32 Å². The van der Waals surface area contributed by atoms with Gasteiger partial charge in [0.1, 0.15) is 0 Å². The summed E-state index contributed by atoms with van der Waals surface area (Å²) in [5.74, 6) is 0.400. The second-order valence-corrected chi connectivity index (χ2v) is 5.07. The fraction of sp³-hybridized carbons (Fsp3) is 0.417. The Morgan fingerprint density at radius 3 is 3.06 bits per heavy atom. The lowest BCUT2D eigenvalue weighted by molar-refractivity contribution is -0.118. The molecule has 17 heavy (non-hydrogen) atoms. The van der Waals surface area contributed by atoms with Crippen LogP contribution in [0.15, 0.2) is 17.2 Å². The summed E-state index contributed by atoms with van der Waals surface area (Å²) in [6.07, 6.45) is 2.19. The van der Waals surface area contributed by atoms with E-state index in [1.165, 1.54) is 11.8 Å². The first-order valence-corrected chi connectivity index (χ1v) is 6.47. The minimum Gasteiger partial charge on any atom is -0.353 e. The summed E-state index contributed by atoms with van der Waals surface area (Å²) in [4.78, 5) is 15.8. The molecule has 1 aromatic rings. The molecule has 0 bridgehead atoms. The van der Waals surface area contributed by atoms with Crippen LogP contribution in [0.3, 0.4) is 0 Å². The van der Waals surface area contributed by atoms with Gasteiger partial charge in [0.05, 0.1) is 22.4 Å². The van der Waals surface area contributed by atoms with Crippen LogP contribution in [0.2, 0.25) is 0 Å². The van der Waals surface area contributed by atoms with Crippen LogP contribution < -0.4 is 5.32 Å². The fourth-order valence-electron chi connectivity index (χ4n) is 1.41. The Kier molecular flexibility index (Phi) is 3.64. The number of amides is 1. The summed E-state index contributed by atoms with van der Waals surface area (Å²) in [6, 6.07) is 5.92. The molecule has 0 radical (unpaired) electrons. The molecular weight excluding hydrogens is 234 g/mol. The number of carbonyl (C=O) groups excluding carboxylic acids is 1. The normalized spacial score (nSPS) is 14.1. The van der Waals surface area contributed by atoms with Crippen molar-refractivity contribution in [2.24, 2.45) is 0 Å². The van der Waals surface area contributed by atoms with Gasteiger partial charge in [-0.15, -0.1) is 0 Å². The third-order valence-corrected chi connectivity index (χ3v) is 3.26. The van der Waals surface area contributed by atoms with Gasteiger partial charge in [0.2, 0.25) is 5.91 Å². The number of hydrogen-bond donors (Lipinski definition) is 1. The Morgan fingerprint density at radius 2 is 2.41 bits per heavy atom. The zero-order valence-electron chi connectivity index (χ0n) is 9.56. The van der Waals surface area contributed by atoms with Crippen molar-refractivity contribution < 1.29 is 4.79 Å². The van der Waals surface area contributed by atoms with E-state index >= 15 is 0 Å². The molecule has 0 aliphatic heterocycles. The first-order chi connectivity index (χ1) is 8.17. The monoisotopic (exact) mass is 247 g/mol. The van der Waals surface area contributed by atoms with Gasteiger partial charge in [-0.05, 0) is 31.9 Å². The molecule has 1 heterocycles. The second kappa shape index (κ2) is 5.19. The van der Waals surface area contributed by atoms with Crippen LogP contribution in [-0.2, 0) is 4.79 Å². The zero-order chi connectivity index (χ0) is 12.3. The summed E-state index contributed by atoms with van der Waals surface area (Å²) >= 11 is 1.37. The second-order valence-electron chi connectivity index (χ2n) is 4.08. The SMILES string of the molecule is Cc1cc(C#N)cc(SCC(=O)NC2CC2)n1. The van der Waals surface area contributed by atoms with Crippen molar-refractivity contribution in [1.29, 1.82) is 5.26 Å². The molecule has 1 fully saturated rings. The standard InChI is InChI=1S/C12H13N3OS/c1-8-4-9(6-13)5-12(14-8)17-7-11(16)15-10-2-3-10/h4-5,10H,2-3,7H2,1H3,(H,15,16). The molecule has 4 nitrogen and oxygen atoms in total. The van der Waals surface area contributed by atoms with E-state index in [-0.39, 0.29) is 5.91 Å². The summed E-state index contributed by atoms with van der Waals surface area (Å²) in [5.41, 5.74) is 1.39. The van der Waals surface area contributed by atoms with Crippen LogP contribution in [0.25, 0.3) is 0 Å². The number of hydrogen-bond acceptors (Lipinski definition) is 4. The van der Waals surface area contributed by atoms with Crippen molar-refractivity contribution in [1.82, 2.24) is 10.3 Å². The molecule has 1 amide bonds. The smallest absolute Gasteiger partial charge is 0.230 e. The molecule has 1 saturated carbocycles. The number of carbonyl (C=O) groups is 1. The number of aromatic nitrogens is 1. The van der Waals surface area contributed by atoms with E-state index in [1.807, 2.05) is 6.92 Å². The summed E-state index contributed by atoms with van der Waals surface area (Å²) in [5, 5.41) is 12.5. The minimum atomic E-state index is 0.0410. The largest absolute Gasteiger partial charge is 0.353 e. The van der Waals surface area contributed by atoms with Crippen LogP contribution in [0.1, 0.15) is 24.1 Å². The molecule has 0 unspecified atom stereocenters. The van der Waals surface area contributed by atoms with E-state index in [4.69, 9.17) is 5.26 Å². The summed E-state index contributed by atoms with van der Waals surface area (Å²) < 4.78 is 0. The van der Waals surface area contributed by atoms with E-state index in [1.54, 1.807) is 12.1 Å². The van der Waals surface area contributed by atoms with Crippen molar-refractivity contribution in [3.8, 4) is 6.07 Å². The molecule has 0 aromatic carbocycles. The predicted molar refractivity (Wildman–Crippen MR) is 65.6 cm³/mol.